The van der Waals surface area contributed by atoms with Gasteiger partial charge in [0.2, 0.25) is 17.7 Å². The van der Waals surface area contributed by atoms with E-state index in [0.717, 1.165) is 10.9 Å². The lowest BCUT2D eigenvalue weighted by Gasteiger charge is -2.25. The van der Waals surface area contributed by atoms with Crippen molar-refractivity contribution in [1.29, 1.82) is 0 Å². The van der Waals surface area contributed by atoms with Crippen molar-refractivity contribution in [3.8, 4) is 0 Å². The Morgan fingerprint density at radius 2 is 1.55 bits per heavy atom. The molecule has 4 atom stereocenters. The molecule has 0 spiro atoms. The maximum absolute atomic E-state index is 13.4. The van der Waals surface area contributed by atoms with Crippen LogP contribution < -0.4 is 21.7 Å². The molecule has 0 aliphatic heterocycles. The van der Waals surface area contributed by atoms with Gasteiger partial charge in [-0.3, -0.25) is 19.2 Å². The zero-order valence-corrected chi connectivity index (χ0v) is 22.0. The molecule has 214 valence electrons. The highest BCUT2D eigenvalue weighted by Gasteiger charge is 2.32. The molecular formula is C26H33N7O7. The highest BCUT2D eigenvalue weighted by Crippen LogP contribution is 2.19. The fourth-order valence-corrected chi connectivity index (χ4v) is 4.05. The number of aliphatic carboxylic acids is 2. The Bertz CT molecular complexity index is 1350. The van der Waals surface area contributed by atoms with E-state index in [2.05, 4.69) is 30.9 Å². The summed E-state index contributed by atoms with van der Waals surface area (Å²) in [6.45, 7) is 3.49. The minimum Gasteiger partial charge on any atom is -0.481 e. The summed E-state index contributed by atoms with van der Waals surface area (Å²) in [4.78, 5) is 72.1. The lowest BCUT2D eigenvalue weighted by atomic mass is 10.0. The molecule has 40 heavy (non-hydrogen) atoms. The van der Waals surface area contributed by atoms with Crippen molar-refractivity contribution < 1.29 is 34.2 Å². The fourth-order valence-electron chi connectivity index (χ4n) is 4.05. The molecule has 14 heteroatoms. The molecule has 0 bridgehead atoms. The molecule has 0 saturated heterocycles. The van der Waals surface area contributed by atoms with Gasteiger partial charge in [-0.25, -0.2) is 9.78 Å². The Balaban J connectivity index is 1.82. The molecule has 9 N–H and O–H groups in total. The molecule has 0 aliphatic carbocycles. The van der Waals surface area contributed by atoms with Gasteiger partial charge in [0.25, 0.3) is 0 Å². The van der Waals surface area contributed by atoms with E-state index in [-0.39, 0.29) is 18.8 Å². The van der Waals surface area contributed by atoms with E-state index < -0.39 is 60.2 Å². The molecule has 0 aliphatic rings. The molecule has 2 aromatic heterocycles. The molecule has 2 heterocycles. The van der Waals surface area contributed by atoms with Crippen LogP contribution in [0.5, 0.6) is 0 Å². The average Bonchev–Trinajstić information content (AvgIpc) is 3.56. The van der Waals surface area contributed by atoms with E-state index in [1.54, 1.807) is 20.0 Å². The van der Waals surface area contributed by atoms with E-state index in [1.807, 2.05) is 24.3 Å². The Labute approximate surface area is 229 Å². The number of nitrogens with one attached hydrogen (secondary N) is 5. The van der Waals surface area contributed by atoms with Crippen LogP contribution in [0.3, 0.4) is 0 Å². The lowest BCUT2D eigenvalue weighted by Crippen LogP contribution is -2.58. The number of benzene rings is 1. The number of hydrogen-bond acceptors (Lipinski definition) is 7. The number of carbonyl (C=O) groups excluding carboxylic acids is 3. The number of carboxylic acids is 2. The number of H-pyrrole nitrogens is 2. The van der Waals surface area contributed by atoms with Crippen LogP contribution in [0.1, 0.15) is 31.5 Å². The van der Waals surface area contributed by atoms with Crippen LogP contribution in [0.15, 0.2) is 43.0 Å². The maximum atomic E-state index is 13.4. The highest BCUT2D eigenvalue weighted by atomic mass is 16.4. The number of para-hydroxylation sites is 1. The summed E-state index contributed by atoms with van der Waals surface area (Å²) in [5.74, 6) is -5.45. The number of carbonyl (C=O) groups is 5. The van der Waals surface area contributed by atoms with E-state index in [0.29, 0.717) is 11.3 Å². The Hall–Kier alpha value is -4.72. The van der Waals surface area contributed by atoms with E-state index in [9.17, 15) is 34.2 Å². The minimum absolute atomic E-state index is 0.00534. The molecule has 0 radical (unpaired) electrons. The first-order valence-electron chi connectivity index (χ1n) is 12.6. The molecule has 14 nitrogen and oxygen atoms in total. The quantitative estimate of drug-likeness (QED) is 0.130. The van der Waals surface area contributed by atoms with Crippen molar-refractivity contribution in [2.75, 3.05) is 0 Å². The number of carboxylic acid groups (broad SMARTS) is 2. The molecule has 3 aromatic rings. The molecule has 0 saturated carbocycles. The second-order valence-corrected chi connectivity index (χ2v) is 9.73. The summed E-state index contributed by atoms with van der Waals surface area (Å²) < 4.78 is 0. The third kappa shape index (κ3) is 7.89. The number of aromatic nitrogens is 3. The zero-order valence-electron chi connectivity index (χ0n) is 22.0. The van der Waals surface area contributed by atoms with E-state index in [1.165, 1.54) is 12.5 Å². The van der Waals surface area contributed by atoms with Crippen LogP contribution in [0, 0.1) is 5.92 Å². The summed E-state index contributed by atoms with van der Waals surface area (Å²) in [6.07, 6.45) is 3.45. The van der Waals surface area contributed by atoms with Gasteiger partial charge in [0.1, 0.15) is 18.1 Å². The van der Waals surface area contributed by atoms with E-state index >= 15 is 0 Å². The van der Waals surface area contributed by atoms with Gasteiger partial charge in [-0.1, -0.05) is 32.0 Å². The second kappa shape index (κ2) is 13.4. The number of nitrogens with zero attached hydrogens (tertiary/aromatic N) is 1. The van der Waals surface area contributed by atoms with Crippen molar-refractivity contribution in [2.24, 2.45) is 11.7 Å². The van der Waals surface area contributed by atoms with Gasteiger partial charge in [0.15, 0.2) is 0 Å². The molecule has 1 aromatic carbocycles. The summed E-state index contributed by atoms with van der Waals surface area (Å²) in [5.41, 5.74) is 7.90. The van der Waals surface area contributed by atoms with Crippen molar-refractivity contribution in [3.05, 3.63) is 54.2 Å². The van der Waals surface area contributed by atoms with Gasteiger partial charge in [-0.2, -0.15) is 0 Å². The first kappa shape index (κ1) is 29.8. The first-order chi connectivity index (χ1) is 19.0. The maximum Gasteiger partial charge on any atom is 0.326 e. The molecule has 3 rings (SSSR count). The Morgan fingerprint density at radius 3 is 2.17 bits per heavy atom. The first-order valence-corrected chi connectivity index (χ1v) is 12.6. The minimum atomic E-state index is -1.63. The van der Waals surface area contributed by atoms with Gasteiger partial charge in [-0.05, 0) is 17.5 Å². The van der Waals surface area contributed by atoms with Crippen LogP contribution in [0.4, 0.5) is 0 Å². The smallest absolute Gasteiger partial charge is 0.326 e. The third-order valence-corrected chi connectivity index (χ3v) is 6.36. The van der Waals surface area contributed by atoms with Crippen LogP contribution in [0.25, 0.3) is 10.9 Å². The topological polar surface area (TPSA) is 232 Å². The summed E-state index contributed by atoms with van der Waals surface area (Å²) in [7, 11) is 0. The Kier molecular flexibility index (Phi) is 9.97. The van der Waals surface area contributed by atoms with Gasteiger partial charge >= 0.3 is 11.9 Å². The Morgan fingerprint density at radius 1 is 0.900 bits per heavy atom. The third-order valence-electron chi connectivity index (χ3n) is 6.36. The summed E-state index contributed by atoms with van der Waals surface area (Å²) in [5, 5.41) is 27.0. The van der Waals surface area contributed by atoms with Crippen molar-refractivity contribution >= 4 is 40.6 Å². The van der Waals surface area contributed by atoms with Gasteiger partial charge in [0.05, 0.1) is 18.8 Å². The summed E-state index contributed by atoms with van der Waals surface area (Å²) in [6, 6.07) is 2.14. The lowest BCUT2D eigenvalue weighted by molar-refractivity contribution is -0.143. The van der Waals surface area contributed by atoms with Crippen molar-refractivity contribution in [3.63, 3.8) is 0 Å². The van der Waals surface area contributed by atoms with Crippen LogP contribution in [-0.4, -0.2) is 79.0 Å². The number of fused-ring (bicyclic) bond motifs is 1. The number of imidazole rings is 1. The SMILES string of the molecule is CC(C)C(N)C(=O)NC(Cc1c[nH]c2ccccc12)C(=O)NC(CC(=O)O)C(=O)NC(Cc1cnc[nH]1)C(=O)O. The average molecular weight is 556 g/mol. The normalized spacial score (nSPS) is 14.2. The number of amides is 3. The monoisotopic (exact) mass is 555 g/mol. The van der Waals surface area contributed by atoms with Crippen LogP contribution in [-0.2, 0) is 36.8 Å². The zero-order chi connectivity index (χ0) is 29.4. The predicted molar refractivity (Wildman–Crippen MR) is 143 cm³/mol. The molecular weight excluding hydrogens is 522 g/mol. The fraction of sp³-hybridized carbons (Fsp3) is 0.385. The second-order valence-electron chi connectivity index (χ2n) is 9.73. The largest absolute Gasteiger partial charge is 0.481 e. The molecule has 0 fully saturated rings. The van der Waals surface area contributed by atoms with Gasteiger partial charge in [0, 0.05) is 41.8 Å². The van der Waals surface area contributed by atoms with Gasteiger partial charge in [-0.15, -0.1) is 0 Å². The predicted octanol–water partition coefficient (Wildman–Crippen LogP) is -0.327. The molecule has 3 amide bonds. The number of aromatic amines is 2. The summed E-state index contributed by atoms with van der Waals surface area (Å²) >= 11 is 0. The standard InChI is InChI=1S/C26H33N7O7/c1-13(2)22(27)25(38)32-18(7-14-10-29-17-6-4-3-5-16(14)17)23(36)31-19(9-21(34)35)24(37)33-20(26(39)40)8-15-11-28-12-30-15/h3-6,10-13,18-20,22,29H,7-9,27H2,1-2H3,(H,28,30)(H,31,36)(H,32,38)(H,33,37)(H,34,35)(H,39,40). The number of nitrogens with two attached hydrogens (primary N) is 1. The van der Waals surface area contributed by atoms with E-state index in [4.69, 9.17) is 5.73 Å². The number of hydrogen-bond donors (Lipinski definition) is 8. The van der Waals surface area contributed by atoms with Crippen molar-refractivity contribution in [2.45, 2.75) is 57.3 Å². The highest BCUT2D eigenvalue weighted by molar-refractivity contribution is 5.96. The molecule has 4 unspecified atom stereocenters. The van der Waals surface area contributed by atoms with Crippen LogP contribution in [0.2, 0.25) is 0 Å². The van der Waals surface area contributed by atoms with Gasteiger partial charge < -0.3 is 41.9 Å². The van der Waals surface area contributed by atoms with Crippen molar-refractivity contribution in [1.82, 2.24) is 30.9 Å². The van der Waals surface area contributed by atoms with Crippen LogP contribution >= 0.6 is 0 Å². The number of rotatable bonds is 14.